The highest BCUT2D eigenvalue weighted by Gasteiger charge is 2.21. The predicted octanol–water partition coefficient (Wildman–Crippen LogP) is -1.28. The quantitative estimate of drug-likeness (QED) is 0.430. The first-order valence-electron chi connectivity index (χ1n) is 6.11. The van der Waals surface area contributed by atoms with E-state index in [4.69, 9.17) is 5.11 Å². The first-order valence-corrected chi connectivity index (χ1v) is 6.11. The summed E-state index contributed by atoms with van der Waals surface area (Å²) >= 11 is 0. The van der Waals surface area contributed by atoms with Gasteiger partial charge in [0.25, 0.3) is 0 Å². The lowest BCUT2D eigenvalue weighted by molar-refractivity contribution is -0.127. The number of hydrogen-bond donors (Lipinski definition) is 3. The third kappa shape index (κ3) is 4.29. The van der Waals surface area contributed by atoms with E-state index in [1.54, 1.807) is 6.92 Å². The zero-order valence-electron chi connectivity index (χ0n) is 11.4. The number of rotatable bonds is 5. The van der Waals surface area contributed by atoms with Crippen molar-refractivity contribution < 1.29 is 24.6 Å². The van der Waals surface area contributed by atoms with Crippen LogP contribution in [-0.2, 0) is 14.4 Å². The zero-order chi connectivity index (χ0) is 15.3. The summed E-state index contributed by atoms with van der Waals surface area (Å²) in [6, 6.07) is 0. The van der Waals surface area contributed by atoms with Crippen LogP contribution in [0.3, 0.4) is 0 Å². The molecule has 0 aromatic heterocycles. The third-order valence-corrected chi connectivity index (χ3v) is 2.82. The summed E-state index contributed by atoms with van der Waals surface area (Å²) in [4.78, 5) is 35.7. The van der Waals surface area contributed by atoms with Gasteiger partial charge in [0, 0.05) is 30.9 Å². The number of carbonyl (C=O) groups is 3. The van der Waals surface area contributed by atoms with Crippen LogP contribution in [0.15, 0.2) is 23.4 Å². The lowest BCUT2D eigenvalue weighted by Crippen LogP contribution is -2.35. The Morgan fingerprint density at radius 1 is 1.50 bits per heavy atom. The molecular formula is C13H18N2O5. The minimum Gasteiger partial charge on any atom is -0.394 e. The third-order valence-electron chi connectivity index (χ3n) is 2.82. The van der Waals surface area contributed by atoms with E-state index in [9.17, 15) is 19.5 Å². The van der Waals surface area contributed by atoms with E-state index >= 15 is 0 Å². The van der Waals surface area contributed by atoms with Crippen LogP contribution in [0.2, 0.25) is 0 Å². The highest BCUT2D eigenvalue weighted by Crippen LogP contribution is 2.13. The second-order valence-electron chi connectivity index (χ2n) is 4.58. The van der Waals surface area contributed by atoms with Crippen molar-refractivity contribution in [2.24, 2.45) is 0 Å². The van der Waals surface area contributed by atoms with Crippen LogP contribution in [0.25, 0.3) is 0 Å². The number of amides is 2. The number of allylic oxidation sites excluding steroid dienone is 3. The number of hydrogen-bond acceptors (Lipinski definition) is 5. The fourth-order valence-corrected chi connectivity index (χ4v) is 1.73. The minimum atomic E-state index is -1.01. The highest BCUT2D eigenvalue weighted by molar-refractivity contribution is 6.12. The molecule has 0 aliphatic carbocycles. The number of nitrogens with zero attached hydrogens (tertiary/aromatic N) is 1. The number of aliphatic hydroxyl groups is 2. The van der Waals surface area contributed by atoms with Gasteiger partial charge in [0.15, 0.2) is 5.78 Å². The summed E-state index contributed by atoms with van der Waals surface area (Å²) in [5.74, 6) is -1.12. The summed E-state index contributed by atoms with van der Waals surface area (Å²) in [7, 11) is 1.47. The molecule has 1 aliphatic heterocycles. The summed E-state index contributed by atoms with van der Waals surface area (Å²) in [5, 5.41) is 20.4. The Balaban J connectivity index is 2.72. The van der Waals surface area contributed by atoms with Crippen molar-refractivity contribution in [3.05, 3.63) is 23.4 Å². The van der Waals surface area contributed by atoms with Crippen molar-refractivity contribution in [2.75, 3.05) is 20.2 Å². The molecule has 2 amide bonds. The van der Waals surface area contributed by atoms with Crippen molar-refractivity contribution in [1.82, 2.24) is 10.2 Å². The molecule has 0 spiro atoms. The summed E-state index contributed by atoms with van der Waals surface area (Å²) in [6.45, 7) is 1.14. The molecule has 0 aromatic carbocycles. The Kier molecular flexibility index (Phi) is 5.60. The van der Waals surface area contributed by atoms with Gasteiger partial charge in [0.2, 0.25) is 11.8 Å². The van der Waals surface area contributed by atoms with Crippen LogP contribution in [0.5, 0.6) is 0 Å². The van der Waals surface area contributed by atoms with Crippen LogP contribution in [0.1, 0.15) is 13.3 Å². The van der Waals surface area contributed by atoms with E-state index in [1.807, 2.05) is 0 Å². The lowest BCUT2D eigenvalue weighted by Gasteiger charge is -2.18. The number of ketones is 1. The molecule has 1 aliphatic rings. The SMILES string of the molecule is CC1=C(/C=C/C(=O)N(C)CC(O)CO)C(=O)CC(=O)N1. The van der Waals surface area contributed by atoms with Crippen LogP contribution in [0, 0.1) is 0 Å². The van der Waals surface area contributed by atoms with Gasteiger partial charge in [-0.15, -0.1) is 0 Å². The Bertz CT molecular complexity index is 481. The second kappa shape index (κ2) is 6.97. The monoisotopic (exact) mass is 282 g/mol. The Morgan fingerprint density at radius 2 is 2.15 bits per heavy atom. The molecule has 1 rings (SSSR count). The fourth-order valence-electron chi connectivity index (χ4n) is 1.73. The van der Waals surface area contributed by atoms with Gasteiger partial charge in [-0.2, -0.15) is 0 Å². The van der Waals surface area contributed by atoms with Crippen molar-refractivity contribution in [2.45, 2.75) is 19.4 Å². The molecule has 1 atom stereocenters. The molecule has 7 nitrogen and oxygen atoms in total. The van der Waals surface area contributed by atoms with Crippen LogP contribution < -0.4 is 5.32 Å². The molecule has 1 heterocycles. The van der Waals surface area contributed by atoms with Crippen molar-refractivity contribution in [3.63, 3.8) is 0 Å². The van der Waals surface area contributed by atoms with Gasteiger partial charge < -0.3 is 20.4 Å². The molecule has 110 valence electrons. The molecule has 0 saturated carbocycles. The van der Waals surface area contributed by atoms with Crippen LogP contribution in [-0.4, -0.2) is 59.0 Å². The standard InChI is InChI=1S/C13H18N2O5/c1-8-10(11(18)5-12(19)14-8)3-4-13(20)15(2)6-9(17)7-16/h3-4,9,16-17H,5-7H2,1-2H3,(H,14,19)/b4-3+. The molecular weight excluding hydrogens is 264 g/mol. The van der Waals surface area contributed by atoms with E-state index in [2.05, 4.69) is 5.32 Å². The molecule has 0 aromatic rings. The molecule has 7 heteroatoms. The second-order valence-corrected chi connectivity index (χ2v) is 4.58. The molecule has 3 N–H and O–H groups in total. The Labute approximate surface area is 116 Å². The normalized spacial score (nSPS) is 17.4. The fraction of sp³-hybridized carbons (Fsp3) is 0.462. The molecule has 0 radical (unpaired) electrons. The summed E-state index contributed by atoms with van der Waals surface area (Å²) in [6.07, 6.45) is 1.30. The summed E-state index contributed by atoms with van der Waals surface area (Å²) < 4.78 is 0. The topological polar surface area (TPSA) is 107 Å². The van der Waals surface area contributed by atoms with E-state index < -0.39 is 18.6 Å². The predicted molar refractivity (Wildman–Crippen MR) is 70.3 cm³/mol. The largest absolute Gasteiger partial charge is 0.394 e. The average molecular weight is 282 g/mol. The smallest absolute Gasteiger partial charge is 0.246 e. The van der Waals surface area contributed by atoms with Gasteiger partial charge in [-0.1, -0.05) is 0 Å². The van der Waals surface area contributed by atoms with E-state index in [0.29, 0.717) is 5.70 Å². The average Bonchev–Trinajstić information content (AvgIpc) is 2.36. The minimum absolute atomic E-state index is 0.0115. The number of carbonyl (C=O) groups excluding carboxylic acids is 3. The van der Waals surface area contributed by atoms with Gasteiger partial charge in [0.05, 0.1) is 19.1 Å². The first kappa shape index (κ1) is 16.1. The maximum absolute atomic E-state index is 11.7. The first-order chi connectivity index (χ1) is 9.35. The molecule has 1 unspecified atom stereocenters. The van der Waals surface area contributed by atoms with E-state index in [0.717, 1.165) is 0 Å². The van der Waals surface area contributed by atoms with Crippen molar-refractivity contribution >= 4 is 17.6 Å². The van der Waals surface area contributed by atoms with Crippen molar-refractivity contribution in [1.29, 1.82) is 0 Å². The number of nitrogens with one attached hydrogen (secondary N) is 1. The molecule has 20 heavy (non-hydrogen) atoms. The Hall–Kier alpha value is -1.99. The zero-order valence-corrected chi connectivity index (χ0v) is 11.4. The maximum atomic E-state index is 11.7. The van der Waals surface area contributed by atoms with Crippen LogP contribution >= 0.6 is 0 Å². The highest BCUT2D eigenvalue weighted by atomic mass is 16.3. The number of Topliss-reactive ketones (excluding diaryl/α,β-unsaturated/α-hetero) is 1. The number of aliphatic hydroxyl groups excluding tert-OH is 2. The Morgan fingerprint density at radius 3 is 2.70 bits per heavy atom. The van der Waals surface area contributed by atoms with Crippen LogP contribution in [0.4, 0.5) is 0 Å². The van der Waals surface area contributed by atoms with Crippen molar-refractivity contribution in [3.8, 4) is 0 Å². The van der Waals surface area contributed by atoms with Gasteiger partial charge in [0.1, 0.15) is 0 Å². The maximum Gasteiger partial charge on any atom is 0.246 e. The number of likely N-dealkylation sites (N-methyl/N-ethyl adjacent to an activating group) is 1. The van der Waals surface area contributed by atoms with Gasteiger partial charge in [-0.05, 0) is 13.0 Å². The molecule has 0 fully saturated rings. The van der Waals surface area contributed by atoms with Gasteiger partial charge in [-0.3, -0.25) is 14.4 Å². The van der Waals surface area contributed by atoms with Gasteiger partial charge in [-0.25, -0.2) is 0 Å². The lowest BCUT2D eigenvalue weighted by atomic mass is 10.0. The van der Waals surface area contributed by atoms with Gasteiger partial charge >= 0.3 is 0 Å². The molecule has 0 saturated heterocycles. The molecule has 0 bridgehead atoms. The summed E-state index contributed by atoms with van der Waals surface area (Å²) in [5.41, 5.74) is 0.697. The van der Waals surface area contributed by atoms with E-state index in [-0.39, 0.29) is 30.2 Å². The van der Waals surface area contributed by atoms with E-state index in [1.165, 1.54) is 24.1 Å².